The molecule has 0 unspecified atom stereocenters. The lowest BCUT2D eigenvalue weighted by atomic mass is 9.83. The highest BCUT2D eigenvalue weighted by Crippen LogP contribution is 2.41. The Morgan fingerprint density at radius 1 is 1.21 bits per heavy atom. The summed E-state index contributed by atoms with van der Waals surface area (Å²) in [4.78, 5) is 29.5. The molecule has 0 heterocycles. The van der Waals surface area contributed by atoms with Crippen molar-refractivity contribution in [3.8, 4) is 6.19 Å². The van der Waals surface area contributed by atoms with E-state index in [0.717, 1.165) is 17.8 Å². The number of halogens is 1. The Morgan fingerprint density at radius 3 is 2.29 bits per heavy atom. The zero-order chi connectivity index (χ0) is 20.6. The average Bonchev–Trinajstić information content (AvgIpc) is 2.65. The molecule has 8 nitrogen and oxygen atoms in total. The quantitative estimate of drug-likeness (QED) is 0.188. The van der Waals surface area contributed by atoms with Crippen LogP contribution in [0.2, 0.25) is 0 Å². The first-order chi connectivity index (χ1) is 13.2. The summed E-state index contributed by atoms with van der Waals surface area (Å²) in [7, 11) is -4.80. The van der Waals surface area contributed by atoms with Crippen molar-refractivity contribution in [1.82, 2.24) is 5.32 Å². The second-order valence-electron chi connectivity index (χ2n) is 5.49. The van der Waals surface area contributed by atoms with Crippen molar-refractivity contribution in [2.24, 2.45) is 4.99 Å². The Morgan fingerprint density at radius 2 is 1.79 bits per heavy atom. The van der Waals surface area contributed by atoms with Crippen molar-refractivity contribution < 1.29 is 22.6 Å². The molecule has 2 aromatic carbocycles. The monoisotopic (exact) mass is 479 g/mol. The zero-order valence-corrected chi connectivity index (χ0v) is 17.3. The molecule has 0 fully saturated rings. The van der Waals surface area contributed by atoms with Crippen LogP contribution in [0.4, 0.5) is 5.69 Å². The van der Waals surface area contributed by atoms with Gasteiger partial charge in [0, 0.05) is 15.6 Å². The smallest absolute Gasteiger partial charge is 0.289 e. The van der Waals surface area contributed by atoms with Gasteiger partial charge < -0.3 is 0 Å². The molecule has 0 aliphatic heterocycles. The molecular weight excluding hydrogens is 470 g/mol. The zero-order valence-electron chi connectivity index (χ0n) is 14.1. The van der Waals surface area contributed by atoms with Gasteiger partial charge in [0.2, 0.25) is 0 Å². The molecule has 28 heavy (non-hydrogen) atoms. The van der Waals surface area contributed by atoms with Crippen LogP contribution in [0.5, 0.6) is 0 Å². The van der Waals surface area contributed by atoms with Crippen LogP contribution in [0.15, 0.2) is 44.7 Å². The molecule has 0 saturated carbocycles. The number of nitriles is 1. The van der Waals surface area contributed by atoms with Gasteiger partial charge >= 0.3 is 0 Å². The fourth-order valence-electron chi connectivity index (χ4n) is 2.79. The van der Waals surface area contributed by atoms with Gasteiger partial charge in [-0.15, -0.1) is 0 Å². The highest BCUT2D eigenvalue weighted by molar-refractivity contribution is 9.10. The normalized spacial score (nSPS) is 13.6. The van der Waals surface area contributed by atoms with Crippen LogP contribution in [-0.4, -0.2) is 36.0 Å². The fraction of sp³-hybridized carbons (Fsp3) is 0.0588. The average molecular weight is 480 g/mol. The molecule has 3 rings (SSSR count). The van der Waals surface area contributed by atoms with Crippen LogP contribution < -0.4 is 5.32 Å². The van der Waals surface area contributed by atoms with Gasteiger partial charge in [-0.1, -0.05) is 36.0 Å². The lowest BCUT2D eigenvalue weighted by molar-refractivity contribution is 0.0978. The van der Waals surface area contributed by atoms with Gasteiger partial charge in [-0.05, 0) is 28.3 Å². The molecule has 1 aliphatic rings. The maximum atomic E-state index is 13.1. The van der Waals surface area contributed by atoms with Gasteiger partial charge in [-0.3, -0.25) is 19.5 Å². The van der Waals surface area contributed by atoms with Crippen molar-refractivity contribution >= 4 is 60.2 Å². The lowest BCUT2D eigenvalue weighted by Gasteiger charge is -2.21. The van der Waals surface area contributed by atoms with Crippen LogP contribution in [0.25, 0.3) is 0 Å². The van der Waals surface area contributed by atoms with E-state index in [1.54, 1.807) is 24.6 Å². The number of carbonyl (C=O) groups is 2. The van der Waals surface area contributed by atoms with Gasteiger partial charge in [0.25, 0.3) is 10.1 Å². The Hall–Kier alpha value is -2.52. The fourth-order valence-corrected chi connectivity index (χ4v) is 4.54. The Labute approximate surface area is 172 Å². The number of fused-ring (bicyclic) bond motifs is 2. The molecule has 0 spiro atoms. The summed E-state index contributed by atoms with van der Waals surface area (Å²) < 4.78 is 33.5. The number of hydrogen-bond acceptors (Lipinski definition) is 7. The highest BCUT2D eigenvalue weighted by atomic mass is 79.9. The third kappa shape index (κ3) is 3.35. The third-order valence-electron chi connectivity index (χ3n) is 3.93. The van der Waals surface area contributed by atoms with E-state index in [1.807, 2.05) is 0 Å². The number of hydrogen-bond donors (Lipinski definition) is 2. The highest BCUT2D eigenvalue weighted by Gasteiger charge is 2.36. The van der Waals surface area contributed by atoms with Crippen molar-refractivity contribution in [1.29, 1.82) is 5.26 Å². The maximum Gasteiger partial charge on any atom is 0.296 e. The molecule has 2 aromatic rings. The Kier molecular flexibility index (Phi) is 5.40. The summed E-state index contributed by atoms with van der Waals surface area (Å²) in [6, 6.07) is 7.13. The van der Waals surface area contributed by atoms with Gasteiger partial charge in [0.15, 0.2) is 22.9 Å². The number of rotatable bonds is 2. The van der Waals surface area contributed by atoms with E-state index >= 15 is 0 Å². The van der Waals surface area contributed by atoms with Crippen LogP contribution in [0.1, 0.15) is 31.8 Å². The SMILES string of the molecule is CSC(=Nc1c(S(=O)(=O)O)cc(Br)c2c1C(=O)c1ccccc1C2=O)NC#N. The molecule has 1 aliphatic carbocycles. The van der Waals surface area contributed by atoms with Crippen molar-refractivity contribution in [3.05, 3.63) is 57.1 Å². The van der Waals surface area contributed by atoms with Crippen LogP contribution >= 0.6 is 27.7 Å². The molecule has 2 N–H and O–H groups in total. The minimum atomic E-state index is -4.80. The van der Waals surface area contributed by atoms with Crippen LogP contribution in [-0.2, 0) is 10.1 Å². The summed E-state index contributed by atoms with van der Waals surface area (Å²) in [5.41, 5.74) is -0.477. The number of ketones is 2. The van der Waals surface area contributed by atoms with E-state index in [-0.39, 0.29) is 31.9 Å². The maximum absolute atomic E-state index is 13.1. The first-order valence-corrected chi connectivity index (χ1v) is 11.0. The minimum Gasteiger partial charge on any atom is -0.289 e. The molecule has 0 bridgehead atoms. The summed E-state index contributed by atoms with van der Waals surface area (Å²) in [5, 5.41) is 11.1. The van der Waals surface area contributed by atoms with Gasteiger partial charge in [0.05, 0.1) is 16.8 Å². The van der Waals surface area contributed by atoms with E-state index in [1.165, 1.54) is 12.1 Å². The minimum absolute atomic E-state index is 0.0176. The second-order valence-corrected chi connectivity index (χ2v) is 8.53. The molecule has 11 heteroatoms. The van der Waals surface area contributed by atoms with E-state index in [2.05, 4.69) is 26.2 Å². The number of benzene rings is 2. The van der Waals surface area contributed by atoms with Crippen molar-refractivity contribution in [2.75, 3.05) is 6.26 Å². The van der Waals surface area contributed by atoms with E-state index < -0.39 is 32.3 Å². The van der Waals surface area contributed by atoms with Crippen molar-refractivity contribution in [3.63, 3.8) is 0 Å². The number of nitrogens with zero attached hydrogens (tertiary/aromatic N) is 2. The van der Waals surface area contributed by atoms with Gasteiger partial charge in [0.1, 0.15) is 4.90 Å². The number of carbonyl (C=O) groups excluding carboxylic acids is 2. The van der Waals surface area contributed by atoms with Gasteiger partial charge in [-0.25, -0.2) is 4.99 Å². The molecule has 142 valence electrons. The van der Waals surface area contributed by atoms with Crippen LogP contribution in [0, 0.1) is 11.5 Å². The Balaban J connectivity index is 2.47. The molecule has 0 atom stereocenters. The number of amidine groups is 1. The van der Waals surface area contributed by atoms with Crippen molar-refractivity contribution in [2.45, 2.75) is 4.90 Å². The van der Waals surface area contributed by atoms with E-state index in [4.69, 9.17) is 5.26 Å². The molecule has 0 saturated heterocycles. The standard InChI is InChI=1S/C17H10BrN3O5S2/c1-27-17(20-7-19)21-14-11(28(24,25)26)6-10(18)12-13(14)16(23)9-5-3-2-4-8(9)15(12)22/h2-6H,1H3,(H,20,21)(H,24,25,26). The second kappa shape index (κ2) is 7.48. The first-order valence-electron chi connectivity index (χ1n) is 7.51. The molecular formula is C17H10BrN3O5S2. The predicted octanol–water partition coefficient (Wildman–Crippen LogP) is 2.89. The van der Waals surface area contributed by atoms with E-state index in [0.29, 0.717) is 0 Å². The molecule has 0 radical (unpaired) electrons. The lowest BCUT2D eigenvalue weighted by Crippen LogP contribution is -2.23. The summed E-state index contributed by atoms with van der Waals surface area (Å²) in [6.45, 7) is 0. The number of aliphatic imine (C=N–C) groups is 1. The molecule has 0 amide bonds. The summed E-state index contributed by atoms with van der Waals surface area (Å²) in [5.74, 6) is -1.11. The van der Waals surface area contributed by atoms with Crippen LogP contribution in [0.3, 0.4) is 0 Å². The third-order valence-corrected chi connectivity index (χ3v) is 6.01. The van der Waals surface area contributed by atoms with Gasteiger partial charge in [-0.2, -0.15) is 13.7 Å². The predicted molar refractivity (Wildman–Crippen MR) is 107 cm³/mol. The topological polar surface area (TPSA) is 137 Å². The Bertz CT molecular complexity index is 1220. The summed E-state index contributed by atoms with van der Waals surface area (Å²) >= 11 is 4.11. The first kappa shape index (κ1) is 20.2. The number of nitrogens with one attached hydrogen (secondary N) is 1. The molecule has 0 aromatic heterocycles. The summed E-state index contributed by atoms with van der Waals surface area (Å²) in [6.07, 6.45) is 3.22. The largest absolute Gasteiger partial charge is 0.296 e. The number of thioether (sulfide) groups is 1. The van der Waals surface area contributed by atoms with E-state index in [9.17, 15) is 22.6 Å².